The fourth-order valence-electron chi connectivity index (χ4n) is 1.98. The number of ether oxygens (including phenoxy) is 1. The number of aromatic nitrogens is 1. The number of anilines is 1. The first-order valence-corrected chi connectivity index (χ1v) is 6.41. The lowest BCUT2D eigenvalue weighted by atomic mass is 10.1. The standard InChI is InChI=1S/C16H13FN2O2/c17-12-6-7-15(20-10-11-4-2-1-3-5-11)13(8-12)14-9-16(18)21-19-14/h1-9H,10,18H2. The zero-order valence-corrected chi connectivity index (χ0v) is 11.1. The van der Waals surface area contributed by atoms with E-state index in [1.807, 2.05) is 30.3 Å². The van der Waals surface area contributed by atoms with E-state index in [4.69, 9.17) is 15.0 Å². The van der Waals surface area contributed by atoms with Crippen LogP contribution in [0.3, 0.4) is 0 Å². The molecule has 0 radical (unpaired) electrons. The van der Waals surface area contributed by atoms with Gasteiger partial charge >= 0.3 is 0 Å². The number of hydrogen-bond donors (Lipinski definition) is 1. The van der Waals surface area contributed by atoms with Gasteiger partial charge in [0.05, 0.1) is 0 Å². The molecule has 0 spiro atoms. The van der Waals surface area contributed by atoms with Crippen LogP contribution < -0.4 is 10.5 Å². The summed E-state index contributed by atoms with van der Waals surface area (Å²) in [6.45, 7) is 0.382. The molecule has 1 heterocycles. The Kier molecular flexibility index (Phi) is 3.55. The number of rotatable bonds is 4. The van der Waals surface area contributed by atoms with Gasteiger partial charge in [-0.3, -0.25) is 0 Å². The van der Waals surface area contributed by atoms with Crippen molar-refractivity contribution in [3.8, 4) is 17.0 Å². The van der Waals surface area contributed by atoms with Crippen LogP contribution in [0.15, 0.2) is 59.1 Å². The molecule has 0 aliphatic heterocycles. The van der Waals surface area contributed by atoms with Crippen LogP contribution in [-0.2, 0) is 6.61 Å². The third-order valence-electron chi connectivity index (χ3n) is 2.98. The van der Waals surface area contributed by atoms with Crippen molar-refractivity contribution in [1.29, 1.82) is 0 Å². The van der Waals surface area contributed by atoms with Gasteiger partial charge in [-0.1, -0.05) is 35.5 Å². The Morgan fingerprint density at radius 3 is 2.62 bits per heavy atom. The van der Waals surface area contributed by atoms with E-state index < -0.39 is 0 Å². The van der Waals surface area contributed by atoms with Crippen molar-refractivity contribution in [3.05, 3.63) is 66.0 Å². The van der Waals surface area contributed by atoms with Crippen molar-refractivity contribution in [3.63, 3.8) is 0 Å². The second-order valence-corrected chi connectivity index (χ2v) is 4.53. The molecule has 0 saturated heterocycles. The molecule has 0 saturated carbocycles. The molecule has 0 fully saturated rings. The van der Waals surface area contributed by atoms with Gasteiger partial charge in [0.15, 0.2) is 0 Å². The largest absolute Gasteiger partial charge is 0.488 e. The summed E-state index contributed by atoms with van der Waals surface area (Å²) in [6, 6.07) is 15.5. The van der Waals surface area contributed by atoms with Gasteiger partial charge in [-0.25, -0.2) is 4.39 Å². The van der Waals surface area contributed by atoms with Crippen LogP contribution in [0.25, 0.3) is 11.3 Å². The highest BCUT2D eigenvalue weighted by atomic mass is 19.1. The van der Waals surface area contributed by atoms with Crippen LogP contribution in [0.4, 0.5) is 10.3 Å². The summed E-state index contributed by atoms with van der Waals surface area (Å²) in [6.07, 6.45) is 0. The van der Waals surface area contributed by atoms with Crippen molar-refractivity contribution >= 4 is 5.88 Å². The van der Waals surface area contributed by atoms with Crippen LogP contribution in [0.5, 0.6) is 5.75 Å². The summed E-state index contributed by atoms with van der Waals surface area (Å²) in [5.74, 6) is 0.315. The van der Waals surface area contributed by atoms with E-state index in [0.717, 1.165) is 5.56 Å². The molecule has 0 aliphatic rings. The third kappa shape index (κ3) is 3.02. The van der Waals surface area contributed by atoms with E-state index in [0.29, 0.717) is 23.6 Å². The highest BCUT2D eigenvalue weighted by Crippen LogP contribution is 2.31. The topological polar surface area (TPSA) is 61.3 Å². The van der Waals surface area contributed by atoms with Crippen LogP contribution in [0.1, 0.15) is 5.56 Å². The van der Waals surface area contributed by atoms with Crippen molar-refractivity contribution in [2.24, 2.45) is 0 Å². The summed E-state index contributed by atoms with van der Waals surface area (Å²) >= 11 is 0. The van der Waals surface area contributed by atoms with Gasteiger partial charge in [0, 0.05) is 11.6 Å². The Bertz CT molecular complexity index is 741. The van der Waals surface area contributed by atoms with Crippen LogP contribution in [0.2, 0.25) is 0 Å². The van der Waals surface area contributed by atoms with Crippen molar-refractivity contribution in [2.45, 2.75) is 6.61 Å². The first-order valence-electron chi connectivity index (χ1n) is 6.41. The second-order valence-electron chi connectivity index (χ2n) is 4.53. The molecule has 0 aliphatic carbocycles. The molecular weight excluding hydrogens is 271 g/mol. The minimum atomic E-state index is -0.376. The summed E-state index contributed by atoms with van der Waals surface area (Å²) in [7, 11) is 0. The van der Waals surface area contributed by atoms with E-state index in [1.165, 1.54) is 18.2 Å². The molecule has 1 aromatic heterocycles. The molecule has 0 bridgehead atoms. The van der Waals surface area contributed by atoms with E-state index in [2.05, 4.69) is 5.16 Å². The summed E-state index contributed by atoms with van der Waals surface area (Å²) in [5.41, 5.74) is 7.47. The van der Waals surface area contributed by atoms with Crippen LogP contribution in [0, 0.1) is 5.82 Å². The smallest absolute Gasteiger partial charge is 0.222 e. The molecule has 106 valence electrons. The molecule has 0 unspecified atom stereocenters. The SMILES string of the molecule is Nc1cc(-c2cc(F)ccc2OCc2ccccc2)no1. The van der Waals surface area contributed by atoms with E-state index in [-0.39, 0.29) is 11.7 Å². The van der Waals surface area contributed by atoms with Gasteiger partial charge in [0.1, 0.15) is 23.9 Å². The average molecular weight is 284 g/mol. The molecule has 21 heavy (non-hydrogen) atoms. The Morgan fingerprint density at radius 2 is 1.90 bits per heavy atom. The number of halogens is 1. The van der Waals surface area contributed by atoms with Crippen molar-refractivity contribution in [1.82, 2.24) is 5.16 Å². The van der Waals surface area contributed by atoms with Gasteiger partial charge in [-0.2, -0.15) is 0 Å². The fraction of sp³-hybridized carbons (Fsp3) is 0.0625. The number of benzene rings is 2. The Hall–Kier alpha value is -2.82. The summed E-state index contributed by atoms with van der Waals surface area (Å²) in [4.78, 5) is 0. The fourth-order valence-corrected chi connectivity index (χ4v) is 1.98. The molecular formula is C16H13FN2O2. The first-order chi connectivity index (χ1) is 10.2. The lowest BCUT2D eigenvalue weighted by molar-refractivity contribution is 0.306. The van der Waals surface area contributed by atoms with Gasteiger partial charge in [0.2, 0.25) is 5.88 Å². The number of nitrogens with two attached hydrogens (primary N) is 1. The second kappa shape index (κ2) is 5.66. The highest BCUT2D eigenvalue weighted by Gasteiger charge is 2.12. The predicted octanol–water partition coefficient (Wildman–Crippen LogP) is 3.64. The van der Waals surface area contributed by atoms with Gasteiger partial charge in [-0.15, -0.1) is 0 Å². The van der Waals surface area contributed by atoms with Crippen LogP contribution >= 0.6 is 0 Å². The number of hydrogen-bond acceptors (Lipinski definition) is 4. The number of nitrogen functional groups attached to an aromatic ring is 1. The van der Waals surface area contributed by atoms with E-state index >= 15 is 0 Å². The lowest BCUT2D eigenvalue weighted by Gasteiger charge is -2.10. The first kappa shape index (κ1) is 13.2. The molecule has 3 rings (SSSR count). The molecule has 4 nitrogen and oxygen atoms in total. The summed E-state index contributed by atoms with van der Waals surface area (Å²) < 4.78 is 24.0. The maximum atomic E-state index is 13.5. The normalized spacial score (nSPS) is 10.5. The maximum Gasteiger partial charge on any atom is 0.222 e. The number of nitrogens with zero attached hydrogens (tertiary/aromatic N) is 1. The monoisotopic (exact) mass is 284 g/mol. The zero-order chi connectivity index (χ0) is 14.7. The quantitative estimate of drug-likeness (QED) is 0.794. The zero-order valence-electron chi connectivity index (χ0n) is 11.1. The van der Waals surface area contributed by atoms with Crippen molar-refractivity contribution in [2.75, 3.05) is 5.73 Å². The van der Waals surface area contributed by atoms with Gasteiger partial charge < -0.3 is 15.0 Å². The molecule has 2 N–H and O–H groups in total. The highest BCUT2D eigenvalue weighted by molar-refractivity contribution is 5.68. The van der Waals surface area contributed by atoms with Gasteiger partial charge in [0.25, 0.3) is 0 Å². The molecule has 0 amide bonds. The van der Waals surface area contributed by atoms with Crippen LogP contribution in [-0.4, -0.2) is 5.16 Å². The Balaban J connectivity index is 1.88. The molecule has 3 aromatic rings. The minimum absolute atomic E-state index is 0.170. The minimum Gasteiger partial charge on any atom is -0.488 e. The third-order valence-corrected chi connectivity index (χ3v) is 2.98. The lowest BCUT2D eigenvalue weighted by Crippen LogP contribution is -1.97. The molecule has 0 atom stereocenters. The van der Waals surface area contributed by atoms with Gasteiger partial charge in [-0.05, 0) is 23.8 Å². The average Bonchev–Trinajstić information content (AvgIpc) is 2.93. The van der Waals surface area contributed by atoms with Crippen molar-refractivity contribution < 1.29 is 13.7 Å². The van der Waals surface area contributed by atoms with E-state index in [9.17, 15) is 4.39 Å². The molecule has 5 heteroatoms. The Labute approximate surface area is 120 Å². The predicted molar refractivity (Wildman–Crippen MR) is 77.1 cm³/mol. The molecule has 2 aromatic carbocycles. The summed E-state index contributed by atoms with van der Waals surface area (Å²) in [5, 5.41) is 3.80. The van der Waals surface area contributed by atoms with E-state index in [1.54, 1.807) is 6.07 Å². The Morgan fingerprint density at radius 1 is 1.10 bits per heavy atom. The maximum absolute atomic E-state index is 13.5.